The second-order valence-corrected chi connectivity index (χ2v) is 5.16. The number of rotatable bonds is 9. The average Bonchev–Trinajstić information content (AvgIpc) is 2.85. The minimum Gasteiger partial charge on any atom is -0.492 e. The summed E-state index contributed by atoms with van der Waals surface area (Å²) < 4.78 is 5.52. The number of benzene rings is 1. The Labute approximate surface area is 129 Å². The molecule has 118 valence electrons. The Balaban J connectivity index is 2.05. The first kappa shape index (κ1) is 16.0. The first-order chi connectivity index (χ1) is 10.7. The standard InChI is InChI=1S/C16H20N2O4/c1-2-3-13(10-19)18-9-12-8-14(22-7-6-17-11-20)4-5-15(12)16(18)21/h4-5,8,10-11,13H,2-3,6-7,9H2,1H3,(H,17,20). The SMILES string of the molecule is CCCC(C=O)N1Cc2cc(OCCNC=O)ccc2C1=O. The molecule has 2 amide bonds. The van der Waals surface area contributed by atoms with Crippen molar-refractivity contribution in [2.24, 2.45) is 0 Å². The van der Waals surface area contributed by atoms with E-state index in [1.807, 2.05) is 13.0 Å². The summed E-state index contributed by atoms with van der Waals surface area (Å²) in [5, 5.41) is 2.51. The molecule has 0 saturated carbocycles. The van der Waals surface area contributed by atoms with Crippen molar-refractivity contribution < 1.29 is 19.1 Å². The quantitative estimate of drug-likeness (QED) is 0.548. The predicted octanol–water partition coefficient (Wildman–Crippen LogP) is 1.13. The van der Waals surface area contributed by atoms with Gasteiger partial charge < -0.3 is 19.7 Å². The lowest BCUT2D eigenvalue weighted by atomic mass is 10.1. The summed E-state index contributed by atoms with van der Waals surface area (Å²) in [7, 11) is 0. The average molecular weight is 304 g/mol. The topological polar surface area (TPSA) is 75.7 Å². The number of aldehydes is 1. The van der Waals surface area contributed by atoms with Gasteiger partial charge in [-0.2, -0.15) is 0 Å². The van der Waals surface area contributed by atoms with Crippen LogP contribution in [0.3, 0.4) is 0 Å². The molecule has 1 atom stereocenters. The number of hydrogen-bond acceptors (Lipinski definition) is 4. The molecule has 0 bridgehead atoms. The van der Waals surface area contributed by atoms with Crippen LogP contribution in [-0.4, -0.2) is 42.7 Å². The predicted molar refractivity (Wildman–Crippen MR) is 80.6 cm³/mol. The molecule has 6 nitrogen and oxygen atoms in total. The Morgan fingerprint density at radius 2 is 2.23 bits per heavy atom. The summed E-state index contributed by atoms with van der Waals surface area (Å²) >= 11 is 0. The fourth-order valence-corrected chi connectivity index (χ4v) is 2.56. The van der Waals surface area contributed by atoms with Gasteiger partial charge >= 0.3 is 0 Å². The van der Waals surface area contributed by atoms with Crippen LogP contribution in [-0.2, 0) is 16.1 Å². The minimum atomic E-state index is -0.369. The monoisotopic (exact) mass is 304 g/mol. The van der Waals surface area contributed by atoms with Crippen molar-refractivity contribution in [3.05, 3.63) is 29.3 Å². The summed E-state index contributed by atoms with van der Waals surface area (Å²) in [5.74, 6) is 0.550. The number of fused-ring (bicyclic) bond motifs is 1. The molecule has 1 aliphatic rings. The van der Waals surface area contributed by atoms with Crippen molar-refractivity contribution in [2.45, 2.75) is 32.4 Å². The first-order valence-corrected chi connectivity index (χ1v) is 7.40. The zero-order valence-electron chi connectivity index (χ0n) is 12.6. The molecule has 1 N–H and O–H groups in total. The lowest BCUT2D eigenvalue weighted by Gasteiger charge is -2.22. The minimum absolute atomic E-state index is 0.102. The van der Waals surface area contributed by atoms with Crippen molar-refractivity contribution in [2.75, 3.05) is 13.2 Å². The Bertz CT molecular complexity index is 559. The van der Waals surface area contributed by atoms with Crippen molar-refractivity contribution in [1.29, 1.82) is 0 Å². The van der Waals surface area contributed by atoms with Crippen LogP contribution in [0.15, 0.2) is 18.2 Å². The van der Waals surface area contributed by atoms with Crippen molar-refractivity contribution in [1.82, 2.24) is 10.2 Å². The fraction of sp³-hybridized carbons (Fsp3) is 0.438. The van der Waals surface area contributed by atoms with Crippen LogP contribution in [0.5, 0.6) is 5.75 Å². The number of carbonyl (C=O) groups excluding carboxylic acids is 3. The number of nitrogens with zero attached hydrogens (tertiary/aromatic N) is 1. The lowest BCUT2D eigenvalue weighted by molar-refractivity contribution is -0.112. The molecule has 1 unspecified atom stereocenters. The molecule has 0 fully saturated rings. The van der Waals surface area contributed by atoms with Crippen molar-refractivity contribution >= 4 is 18.6 Å². The highest BCUT2D eigenvalue weighted by Crippen LogP contribution is 2.28. The Hall–Kier alpha value is -2.37. The van der Waals surface area contributed by atoms with E-state index in [1.165, 1.54) is 0 Å². The first-order valence-electron chi connectivity index (χ1n) is 7.40. The van der Waals surface area contributed by atoms with Gasteiger partial charge in [0.15, 0.2) is 0 Å². The van der Waals surface area contributed by atoms with Gasteiger partial charge in [0.25, 0.3) is 5.91 Å². The number of hydrogen-bond donors (Lipinski definition) is 1. The summed E-state index contributed by atoms with van der Waals surface area (Å²) in [5.41, 5.74) is 1.50. The van der Waals surface area contributed by atoms with Gasteiger partial charge in [0.2, 0.25) is 6.41 Å². The Morgan fingerprint density at radius 3 is 2.91 bits per heavy atom. The van der Waals surface area contributed by atoms with Gasteiger partial charge in [-0.05, 0) is 30.2 Å². The van der Waals surface area contributed by atoms with E-state index in [9.17, 15) is 14.4 Å². The van der Waals surface area contributed by atoms with Crippen LogP contribution in [0.4, 0.5) is 0 Å². The molecule has 0 aromatic heterocycles. The van der Waals surface area contributed by atoms with E-state index in [0.717, 1.165) is 18.3 Å². The maximum absolute atomic E-state index is 12.4. The highest BCUT2D eigenvalue weighted by molar-refractivity contribution is 5.99. The van der Waals surface area contributed by atoms with Crippen LogP contribution in [0, 0.1) is 0 Å². The third-order valence-electron chi connectivity index (χ3n) is 3.65. The maximum Gasteiger partial charge on any atom is 0.255 e. The van der Waals surface area contributed by atoms with Crippen LogP contribution in [0.1, 0.15) is 35.7 Å². The molecular formula is C16H20N2O4. The molecular weight excluding hydrogens is 284 g/mol. The molecule has 2 rings (SSSR count). The van der Waals surface area contributed by atoms with Gasteiger partial charge in [-0.15, -0.1) is 0 Å². The summed E-state index contributed by atoms with van der Waals surface area (Å²) in [6.07, 6.45) is 2.98. The van der Waals surface area contributed by atoms with Gasteiger partial charge in [0.1, 0.15) is 18.6 Å². The number of amides is 2. The molecule has 22 heavy (non-hydrogen) atoms. The molecule has 6 heteroatoms. The van der Waals surface area contributed by atoms with Crippen LogP contribution in [0.25, 0.3) is 0 Å². The van der Waals surface area contributed by atoms with Crippen LogP contribution in [0.2, 0.25) is 0 Å². The van der Waals surface area contributed by atoms with E-state index >= 15 is 0 Å². The molecule has 1 aromatic carbocycles. The molecule has 1 heterocycles. The van der Waals surface area contributed by atoms with Gasteiger partial charge in [-0.25, -0.2) is 0 Å². The van der Waals surface area contributed by atoms with Crippen molar-refractivity contribution in [3.8, 4) is 5.75 Å². The van der Waals surface area contributed by atoms with Crippen molar-refractivity contribution in [3.63, 3.8) is 0 Å². The fourth-order valence-electron chi connectivity index (χ4n) is 2.56. The smallest absolute Gasteiger partial charge is 0.255 e. The van der Waals surface area contributed by atoms with E-state index in [1.54, 1.807) is 17.0 Å². The summed E-state index contributed by atoms with van der Waals surface area (Å²) in [6.45, 7) is 3.21. The molecule has 1 aromatic rings. The zero-order chi connectivity index (χ0) is 15.9. The lowest BCUT2D eigenvalue weighted by Crippen LogP contribution is -2.36. The van der Waals surface area contributed by atoms with Gasteiger partial charge in [-0.3, -0.25) is 9.59 Å². The zero-order valence-corrected chi connectivity index (χ0v) is 12.6. The van der Waals surface area contributed by atoms with Crippen LogP contribution < -0.4 is 10.1 Å². The van der Waals surface area contributed by atoms with E-state index in [-0.39, 0.29) is 11.9 Å². The number of nitrogens with one attached hydrogen (secondary N) is 1. The molecule has 0 radical (unpaired) electrons. The molecule has 0 spiro atoms. The van der Waals surface area contributed by atoms with E-state index in [4.69, 9.17) is 4.74 Å². The summed E-state index contributed by atoms with van der Waals surface area (Å²) in [6, 6.07) is 4.92. The Morgan fingerprint density at radius 1 is 1.41 bits per heavy atom. The number of carbonyl (C=O) groups is 3. The van der Waals surface area contributed by atoms with E-state index in [0.29, 0.717) is 43.8 Å². The molecule has 0 aliphatic carbocycles. The largest absolute Gasteiger partial charge is 0.492 e. The Kier molecular flexibility index (Phi) is 5.52. The van der Waals surface area contributed by atoms with Gasteiger partial charge in [0, 0.05) is 12.1 Å². The highest BCUT2D eigenvalue weighted by atomic mass is 16.5. The molecule has 1 aliphatic heterocycles. The maximum atomic E-state index is 12.4. The second kappa shape index (κ2) is 7.59. The normalized spacial score (nSPS) is 14.4. The third kappa shape index (κ3) is 3.44. The van der Waals surface area contributed by atoms with E-state index in [2.05, 4.69) is 5.32 Å². The summed E-state index contributed by atoms with van der Waals surface area (Å²) in [4.78, 5) is 35.3. The van der Waals surface area contributed by atoms with Gasteiger partial charge in [0.05, 0.1) is 12.6 Å². The molecule has 0 saturated heterocycles. The number of ether oxygens (including phenoxy) is 1. The highest BCUT2D eigenvalue weighted by Gasteiger charge is 2.32. The van der Waals surface area contributed by atoms with E-state index < -0.39 is 0 Å². The van der Waals surface area contributed by atoms with Crippen LogP contribution >= 0.6 is 0 Å². The second-order valence-electron chi connectivity index (χ2n) is 5.16. The third-order valence-corrected chi connectivity index (χ3v) is 3.65. The van der Waals surface area contributed by atoms with Gasteiger partial charge in [-0.1, -0.05) is 13.3 Å².